The predicted octanol–water partition coefficient (Wildman–Crippen LogP) is 6.35. The summed E-state index contributed by atoms with van der Waals surface area (Å²) in [5.74, 6) is 0.623. The van der Waals surface area contributed by atoms with Gasteiger partial charge in [-0.1, -0.05) is 74.7 Å². The molecule has 26 heavy (non-hydrogen) atoms. The Bertz CT molecular complexity index is 637. The average molecular weight is 354 g/mol. The van der Waals surface area contributed by atoms with Gasteiger partial charge in [0, 0.05) is 0 Å². The lowest BCUT2D eigenvalue weighted by atomic mass is 10.1. The van der Waals surface area contributed by atoms with Crippen molar-refractivity contribution in [3.05, 3.63) is 65.7 Å². The van der Waals surface area contributed by atoms with Crippen molar-refractivity contribution < 1.29 is 14.3 Å². The van der Waals surface area contributed by atoms with E-state index < -0.39 is 6.16 Å². The van der Waals surface area contributed by atoms with E-state index in [0.29, 0.717) is 12.4 Å². The van der Waals surface area contributed by atoms with Gasteiger partial charge in [-0.15, -0.1) is 0 Å². The van der Waals surface area contributed by atoms with E-state index in [0.717, 1.165) is 37.7 Å². The van der Waals surface area contributed by atoms with Crippen molar-refractivity contribution in [3.8, 4) is 5.75 Å². The topological polar surface area (TPSA) is 35.5 Å². The Kier molecular flexibility index (Phi) is 9.34. The fraction of sp³-hybridized carbons (Fsp3) is 0.435. The molecular weight excluding hydrogens is 324 g/mol. The van der Waals surface area contributed by atoms with Crippen LogP contribution in [0.15, 0.2) is 54.6 Å². The largest absolute Gasteiger partial charge is 0.513 e. The zero-order valence-electron chi connectivity index (χ0n) is 15.8. The molecule has 0 fully saturated rings. The van der Waals surface area contributed by atoms with Gasteiger partial charge in [-0.2, -0.15) is 0 Å². The number of ether oxygens (including phenoxy) is 2. The van der Waals surface area contributed by atoms with Crippen LogP contribution in [0.5, 0.6) is 5.75 Å². The lowest BCUT2D eigenvalue weighted by Gasteiger charge is -2.10. The Hall–Kier alpha value is -2.29. The summed E-state index contributed by atoms with van der Waals surface area (Å²) in [7, 11) is 0. The Balaban J connectivity index is 1.67. The molecule has 0 radical (unpaired) electrons. The van der Waals surface area contributed by atoms with Crippen LogP contribution in [0.1, 0.15) is 56.6 Å². The second-order valence-corrected chi connectivity index (χ2v) is 6.56. The molecule has 2 aromatic rings. The van der Waals surface area contributed by atoms with Crippen molar-refractivity contribution >= 4 is 6.16 Å². The van der Waals surface area contributed by atoms with E-state index in [1.807, 2.05) is 42.5 Å². The molecule has 0 spiro atoms. The number of aryl methyl sites for hydroxylation is 2. The smallest absolute Gasteiger partial charge is 0.434 e. The summed E-state index contributed by atoms with van der Waals surface area (Å²) >= 11 is 0. The first-order valence-electron chi connectivity index (χ1n) is 9.76. The molecule has 2 aromatic carbocycles. The molecule has 0 unspecified atom stereocenters. The maximum Gasteiger partial charge on any atom is 0.513 e. The highest BCUT2D eigenvalue weighted by atomic mass is 16.7. The number of unbranched alkanes of at least 4 members (excludes halogenated alkanes) is 4. The number of carbonyl (C=O) groups is 1. The van der Waals surface area contributed by atoms with Gasteiger partial charge < -0.3 is 9.47 Å². The van der Waals surface area contributed by atoms with Gasteiger partial charge >= 0.3 is 6.16 Å². The molecule has 0 amide bonds. The molecule has 0 bridgehead atoms. The Morgan fingerprint density at radius 1 is 0.808 bits per heavy atom. The zero-order valence-corrected chi connectivity index (χ0v) is 15.8. The Morgan fingerprint density at radius 2 is 1.54 bits per heavy atom. The van der Waals surface area contributed by atoms with Gasteiger partial charge in [0.15, 0.2) is 0 Å². The molecule has 2 rings (SSSR count). The van der Waals surface area contributed by atoms with Gasteiger partial charge in [0.1, 0.15) is 5.75 Å². The van der Waals surface area contributed by atoms with Crippen molar-refractivity contribution in [3.63, 3.8) is 0 Å². The van der Waals surface area contributed by atoms with Gasteiger partial charge in [-0.3, -0.25) is 0 Å². The van der Waals surface area contributed by atoms with E-state index >= 15 is 0 Å². The van der Waals surface area contributed by atoms with Crippen molar-refractivity contribution in [2.24, 2.45) is 0 Å². The summed E-state index contributed by atoms with van der Waals surface area (Å²) in [5.41, 5.74) is 2.39. The van der Waals surface area contributed by atoms with Crippen LogP contribution in [0.25, 0.3) is 0 Å². The van der Waals surface area contributed by atoms with E-state index in [9.17, 15) is 4.79 Å². The molecule has 0 atom stereocenters. The molecule has 3 nitrogen and oxygen atoms in total. The maximum absolute atomic E-state index is 11.9. The molecule has 0 saturated carbocycles. The lowest BCUT2D eigenvalue weighted by molar-refractivity contribution is 0.0971. The minimum absolute atomic E-state index is 0.393. The van der Waals surface area contributed by atoms with Gasteiger partial charge in [0.25, 0.3) is 0 Å². The normalized spacial score (nSPS) is 10.5. The van der Waals surface area contributed by atoms with Gasteiger partial charge in [0.05, 0.1) is 6.61 Å². The highest BCUT2D eigenvalue weighted by molar-refractivity contribution is 5.64. The van der Waals surface area contributed by atoms with Gasteiger partial charge in [-0.25, -0.2) is 4.79 Å². The van der Waals surface area contributed by atoms with Crippen LogP contribution in [0.3, 0.4) is 0 Å². The van der Waals surface area contributed by atoms with Crippen molar-refractivity contribution in [1.29, 1.82) is 0 Å². The minimum atomic E-state index is -0.606. The van der Waals surface area contributed by atoms with Crippen LogP contribution >= 0.6 is 0 Å². The molecule has 0 saturated heterocycles. The highest BCUT2D eigenvalue weighted by Crippen LogP contribution is 2.21. The van der Waals surface area contributed by atoms with Crippen molar-refractivity contribution in [1.82, 2.24) is 0 Å². The lowest BCUT2D eigenvalue weighted by Crippen LogP contribution is -2.12. The number of para-hydroxylation sites is 1. The Labute approximate surface area is 157 Å². The molecule has 0 aliphatic heterocycles. The minimum Gasteiger partial charge on any atom is -0.434 e. The van der Waals surface area contributed by atoms with E-state index in [1.54, 1.807) is 0 Å². The molecule has 140 valence electrons. The predicted molar refractivity (Wildman–Crippen MR) is 106 cm³/mol. The average Bonchev–Trinajstić information content (AvgIpc) is 2.67. The molecule has 0 aliphatic rings. The number of benzene rings is 2. The first kappa shape index (κ1) is 20.0. The fourth-order valence-electron chi connectivity index (χ4n) is 2.90. The molecule has 0 heterocycles. The summed E-state index contributed by atoms with van der Waals surface area (Å²) in [6, 6.07) is 18.1. The molecule has 0 N–H and O–H groups in total. The third-order valence-corrected chi connectivity index (χ3v) is 4.39. The standard InChI is InChI=1S/C23H30O3/c1-2-3-4-8-16-21-17-9-10-18-22(21)26-23(24)25-19-12-11-15-20-13-6-5-7-14-20/h5-7,9-10,13-14,17-18H,2-4,8,11-12,15-16,19H2,1H3. The highest BCUT2D eigenvalue weighted by Gasteiger charge is 2.10. The number of carbonyl (C=O) groups excluding carboxylic acids is 1. The van der Waals surface area contributed by atoms with Crippen LogP contribution < -0.4 is 4.74 Å². The molecule has 0 aliphatic carbocycles. The molecule has 3 heteroatoms. The third-order valence-electron chi connectivity index (χ3n) is 4.39. The van der Waals surface area contributed by atoms with Gasteiger partial charge in [-0.05, 0) is 49.3 Å². The first-order chi connectivity index (χ1) is 12.8. The summed E-state index contributed by atoms with van der Waals surface area (Å²) in [5, 5.41) is 0. The van der Waals surface area contributed by atoms with Crippen LogP contribution in [-0.2, 0) is 17.6 Å². The summed E-state index contributed by atoms with van der Waals surface area (Å²) in [6.07, 6.45) is 7.93. The second kappa shape index (κ2) is 12.1. The summed E-state index contributed by atoms with van der Waals surface area (Å²) < 4.78 is 10.6. The second-order valence-electron chi connectivity index (χ2n) is 6.56. The van der Waals surface area contributed by atoms with Crippen LogP contribution in [-0.4, -0.2) is 12.8 Å². The van der Waals surface area contributed by atoms with Crippen LogP contribution in [0.2, 0.25) is 0 Å². The number of hydrogen-bond acceptors (Lipinski definition) is 3. The van der Waals surface area contributed by atoms with Crippen LogP contribution in [0, 0.1) is 0 Å². The van der Waals surface area contributed by atoms with Crippen LogP contribution in [0.4, 0.5) is 4.79 Å². The maximum atomic E-state index is 11.9. The number of rotatable bonds is 11. The van der Waals surface area contributed by atoms with Crippen molar-refractivity contribution in [2.75, 3.05) is 6.61 Å². The van der Waals surface area contributed by atoms with E-state index in [-0.39, 0.29) is 0 Å². The first-order valence-corrected chi connectivity index (χ1v) is 9.76. The van der Waals surface area contributed by atoms with E-state index in [4.69, 9.17) is 9.47 Å². The third kappa shape index (κ3) is 7.73. The SMILES string of the molecule is CCCCCCc1ccccc1OC(=O)OCCCCc1ccccc1. The van der Waals surface area contributed by atoms with E-state index in [2.05, 4.69) is 19.1 Å². The molecular formula is C23H30O3. The summed E-state index contributed by atoms with van der Waals surface area (Å²) in [4.78, 5) is 11.9. The molecule has 0 aromatic heterocycles. The van der Waals surface area contributed by atoms with Gasteiger partial charge in [0.2, 0.25) is 0 Å². The number of hydrogen-bond donors (Lipinski definition) is 0. The quantitative estimate of drug-likeness (QED) is 0.268. The monoisotopic (exact) mass is 354 g/mol. The van der Waals surface area contributed by atoms with E-state index in [1.165, 1.54) is 24.8 Å². The zero-order chi connectivity index (χ0) is 18.5. The Morgan fingerprint density at radius 3 is 2.35 bits per heavy atom. The fourth-order valence-corrected chi connectivity index (χ4v) is 2.90. The van der Waals surface area contributed by atoms with Crippen molar-refractivity contribution in [2.45, 2.75) is 58.3 Å². The summed E-state index contributed by atoms with van der Waals surface area (Å²) in [6.45, 7) is 2.59.